The van der Waals surface area contributed by atoms with E-state index in [0.717, 1.165) is 0 Å². The predicted molar refractivity (Wildman–Crippen MR) is 92.3 cm³/mol. The molecule has 2 aromatic rings. The summed E-state index contributed by atoms with van der Waals surface area (Å²) in [5.74, 6) is -2.33. The van der Waals surface area contributed by atoms with Gasteiger partial charge in [-0.2, -0.15) is 18.2 Å². The van der Waals surface area contributed by atoms with Crippen molar-refractivity contribution in [3.63, 3.8) is 0 Å². The zero-order valence-corrected chi connectivity index (χ0v) is 15.3. The standard InChI is InChI=1S/C18H20F4N4O2/c1-10(2)15-24-17(28-25-15)26-8-7-13(11-3-5-12(19)6-4-11)14(9-26)23-16(27)18(20,21)22/h3-6,10,13-14H,7-9H2,1-2H3,(H,23,27). The van der Waals surface area contributed by atoms with E-state index in [1.165, 1.54) is 24.3 Å². The highest BCUT2D eigenvalue weighted by Crippen LogP contribution is 2.31. The number of nitrogens with zero attached hydrogens (tertiary/aromatic N) is 3. The van der Waals surface area contributed by atoms with Gasteiger partial charge < -0.3 is 14.7 Å². The number of hydrogen-bond acceptors (Lipinski definition) is 5. The molecule has 0 spiro atoms. The summed E-state index contributed by atoms with van der Waals surface area (Å²) in [5.41, 5.74) is 0.655. The minimum atomic E-state index is -5.00. The number of carbonyl (C=O) groups is 1. The maximum Gasteiger partial charge on any atom is 0.471 e. The van der Waals surface area contributed by atoms with Crippen LogP contribution in [0.15, 0.2) is 28.8 Å². The lowest BCUT2D eigenvalue weighted by atomic mass is 9.85. The Morgan fingerprint density at radius 2 is 1.96 bits per heavy atom. The molecule has 3 rings (SSSR count). The van der Waals surface area contributed by atoms with Gasteiger partial charge in [-0.25, -0.2) is 4.39 Å². The zero-order valence-electron chi connectivity index (χ0n) is 15.3. The second-order valence-electron chi connectivity index (χ2n) is 7.06. The zero-order chi connectivity index (χ0) is 20.5. The fourth-order valence-corrected chi connectivity index (χ4v) is 3.22. The van der Waals surface area contributed by atoms with Crippen LogP contribution in [0.4, 0.5) is 23.6 Å². The van der Waals surface area contributed by atoms with Crippen molar-refractivity contribution in [1.82, 2.24) is 15.5 Å². The Bertz CT molecular complexity index is 820. The van der Waals surface area contributed by atoms with Crippen LogP contribution in [0.2, 0.25) is 0 Å². The highest BCUT2D eigenvalue weighted by molar-refractivity contribution is 5.82. The van der Waals surface area contributed by atoms with E-state index in [-0.39, 0.29) is 18.5 Å². The van der Waals surface area contributed by atoms with Gasteiger partial charge in [0.2, 0.25) is 0 Å². The molecule has 0 bridgehead atoms. The van der Waals surface area contributed by atoms with Crippen molar-refractivity contribution in [2.75, 3.05) is 18.0 Å². The van der Waals surface area contributed by atoms with Gasteiger partial charge >= 0.3 is 18.1 Å². The summed E-state index contributed by atoms with van der Waals surface area (Å²) >= 11 is 0. The van der Waals surface area contributed by atoms with Gasteiger partial charge in [0, 0.05) is 24.9 Å². The van der Waals surface area contributed by atoms with Gasteiger partial charge in [-0.05, 0) is 24.1 Å². The van der Waals surface area contributed by atoms with Crippen LogP contribution in [-0.4, -0.2) is 41.4 Å². The topological polar surface area (TPSA) is 71.3 Å². The van der Waals surface area contributed by atoms with Crippen molar-refractivity contribution in [3.8, 4) is 0 Å². The molecule has 1 fully saturated rings. The first-order chi connectivity index (χ1) is 13.1. The fraction of sp³-hybridized carbons (Fsp3) is 0.500. The number of halogens is 4. The first-order valence-corrected chi connectivity index (χ1v) is 8.87. The molecule has 152 valence electrons. The third-order valence-electron chi connectivity index (χ3n) is 4.70. The molecule has 28 heavy (non-hydrogen) atoms. The summed E-state index contributed by atoms with van der Waals surface area (Å²) < 4.78 is 56.8. The number of anilines is 1. The number of benzene rings is 1. The summed E-state index contributed by atoms with van der Waals surface area (Å²) in [7, 11) is 0. The maximum atomic E-state index is 13.2. The Morgan fingerprint density at radius 1 is 1.29 bits per heavy atom. The Kier molecular flexibility index (Phi) is 5.57. The summed E-state index contributed by atoms with van der Waals surface area (Å²) in [5, 5.41) is 5.93. The highest BCUT2D eigenvalue weighted by Gasteiger charge is 2.42. The second kappa shape index (κ2) is 7.76. The summed E-state index contributed by atoms with van der Waals surface area (Å²) in [6.07, 6.45) is -4.57. The number of nitrogens with one attached hydrogen (secondary N) is 1. The van der Waals surface area contributed by atoms with E-state index in [1.807, 2.05) is 13.8 Å². The van der Waals surface area contributed by atoms with Crippen molar-refractivity contribution < 1.29 is 26.9 Å². The maximum absolute atomic E-state index is 13.2. The van der Waals surface area contributed by atoms with Gasteiger partial charge in [-0.1, -0.05) is 31.1 Å². The quantitative estimate of drug-likeness (QED) is 0.797. The average molecular weight is 400 g/mol. The molecule has 2 heterocycles. The second-order valence-corrected chi connectivity index (χ2v) is 7.06. The van der Waals surface area contributed by atoms with E-state index in [2.05, 4.69) is 15.5 Å². The molecular formula is C18H20F4N4O2. The third kappa shape index (κ3) is 4.42. The highest BCUT2D eigenvalue weighted by atomic mass is 19.4. The fourth-order valence-electron chi connectivity index (χ4n) is 3.22. The minimum absolute atomic E-state index is 0.0370. The molecule has 0 saturated carbocycles. The van der Waals surface area contributed by atoms with Crippen LogP contribution in [0.3, 0.4) is 0 Å². The largest absolute Gasteiger partial charge is 0.471 e. The molecule has 10 heteroatoms. The van der Waals surface area contributed by atoms with Gasteiger partial charge in [0.1, 0.15) is 5.82 Å². The van der Waals surface area contributed by atoms with Crippen molar-refractivity contribution >= 4 is 11.9 Å². The average Bonchev–Trinajstić information content (AvgIpc) is 3.12. The molecule has 1 N–H and O–H groups in total. The lowest BCUT2D eigenvalue weighted by molar-refractivity contribution is -0.174. The Hall–Kier alpha value is -2.65. The van der Waals surface area contributed by atoms with Crippen LogP contribution in [-0.2, 0) is 4.79 Å². The van der Waals surface area contributed by atoms with Gasteiger partial charge in [-0.15, -0.1) is 0 Å². The lowest BCUT2D eigenvalue weighted by Gasteiger charge is -2.38. The smallest absolute Gasteiger partial charge is 0.343 e. The van der Waals surface area contributed by atoms with E-state index < -0.39 is 29.9 Å². The van der Waals surface area contributed by atoms with Crippen LogP contribution >= 0.6 is 0 Å². The molecule has 1 aliphatic rings. The Labute approximate surface area is 158 Å². The van der Waals surface area contributed by atoms with Crippen LogP contribution < -0.4 is 10.2 Å². The van der Waals surface area contributed by atoms with Gasteiger partial charge in [-0.3, -0.25) is 4.79 Å². The van der Waals surface area contributed by atoms with Crippen LogP contribution in [0.1, 0.15) is 43.5 Å². The molecule has 1 aromatic carbocycles. The summed E-state index contributed by atoms with van der Waals surface area (Å²) in [4.78, 5) is 17.5. The molecule has 2 unspecified atom stereocenters. The number of amides is 1. The normalized spacial score (nSPS) is 20.5. The van der Waals surface area contributed by atoms with Gasteiger partial charge in [0.15, 0.2) is 5.82 Å². The van der Waals surface area contributed by atoms with E-state index in [4.69, 9.17) is 4.52 Å². The van der Waals surface area contributed by atoms with Crippen molar-refractivity contribution in [2.45, 2.75) is 44.3 Å². The van der Waals surface area contributed by atoms with Crippen LogP contribution in [0, 0.1) is 5.82 Å². The van der Waals surface area contributed by atoms with Gasteiger partial charge in [0.25, 0.3) is 0 Å². The number of carbonyl (C=O) groups excluding carboxylic acids is 1. The molecule has 1 aliphatic heterocycles. The molecular weight excluding hydrogens is 380 g/mol. The third-order valence-corrected chi connectivity index (χ3v) is 4.70. The first kappa shape index (κ1) is 20.1. The van der Waals surface area contributed by atoms with Crippen LogP contribution in [0.5, 0.6) is 0 Å². The lowest BCUT2D eigenvalue weighted by Crippen LogP contribution is -2.54. The van der Waals surface area contributed by atoms with E-state index in [1.54, 1.807) is 4.90 Å². The molecule has 0 aliphatic carbocycles. The molecule has 1 amide bonds. The van der Waals surface area contributed by atoms with Gasteiger partial charge in [0.05, 0.1) is 6.04 Å². The summed E-state index contributed by atoms with van der Waals surface area (Å²) in [6, 6.07) is 4.88. The van der Waals surface area contributed by atoms with E-state index >= 15 is 0 Å². The van der Waals surface area contributed by atoms with Crippen molar-refractivity contribution in [2.24, 2.45) is 0 Å². The molecule has 1 aromatic heterocycles. The van der Waals surface area contributed by atoms with Crippen molar-refractivity contribution in [1.29, 1.82) is 0 Å². The Morgan fingerprint density at radius 3 is 2.54 bits per heavy atom. The number of hydrogen-bond donors (Lipinski definition) is 1. The SMILES string of the molecule is CC(C)c1noc(N2CCC(c3ccc(F)cc3)C(NC(=O)C(F)(F)F)C2)n1. The number of rotatable bonds is 4. The summed E-state index contributed by atoms with van der Waals surface area (Å²) in [6.45, 7) is 4.28. The monoisotopic (exact) mass is 400 g/mol. The molecule has 0 radical (unpaired) electrons. The van der Waals surface area contributed by atoms with E-state index in [9.17, 15) is 22.4 Å². The predicted octanol–water partition coefficient (Wildman–Crippen LogP) is 3.37. The first-order valence-electron chi connectivity index (χ1n) is 8.87. The molecule has 2 atom stereocenters. The van der Waals surface area contributed by atoms with E-state index in [0.29, 0.717) is 24.4 Å². The van der Waals surface area contributed by atoms with Crippen LogP contribution in [0.25, 0.3) is 0 Å². The number of aromatic nitrogens is 2. The molecule has 1 saturated heterocycles. The number of piperidine rings is 1. The number of alkyl halides is 3. The molecule has 6 nitrogen and oxygen atoms in total. The minimum Gasteiger partial charge on any atom is -0.343 e. The Balaban J connectivity index is 1.83. The van der Waals surface area contributed by atoms with Crippen molar-refractivity contribution in [3.05, 3.63) is 41.5 Å².